The second kappa shape index (κ2) is 6.00. The van der Waals surface area contributed by atoms with E-state index >= 15 is 0 Å². The van der Waals surface area contributed by atoms with Gasteiger partial charge in [-0.1, -0.05) is 12.1 Å². The summed E-state index contributed by atoms with van der Waals surface area (Å²) in [6.07, 6.45) is 1.29. The molecule has 3 aromatic rings. The third kappa shape index (κ3) is 3.26. The van der Waals surface area contributed by atoms with Gasteiger partial charge in [0.05, 0.1) is 18.2 Å². The Morgan fingerprint density at radius 3 is 2.52 bits per heavy atom. The Kier molecular flexibility index (Phi) is 3.89. The van der Waals surface area contributed by atoms with Crippen LogP contribution in [0.2, 0.25) is 0 Å². The minimum Gasteiger partial charge on any atom is -0.481 e. The summed E-state index contributed by atoms with van der Waals surface area (Å²) >= 11 is 0. The standard InChI is InChI=1S/C17H11F2NO3/c18-12-5-6-13(14(19)8-12)15-9-20-17(23-15)11-3-1-10(2-4-11)7-16(21)22/h1-6,8-9H,7H2,(H,21,22). The first-order chi connectivity index (χ1) is 11.0. The Balaban J connectivity index is 1.88. The molecule has 4 nitrogen and oxygen atoms in total. The van der Waals surface area contributed by atoms with Crippen LogP contribution in [-0.4, -0.2) is 16.1 Å². The fourth-order valence-electron chi connectivity index (χ4n) is 2.16. The lowest BCUT2D eigenvalue weighted by Gasteiger charge is -2.00. The highest BCUT2D eigenvalue weighted by Crippen LogP contribution is 2.28. The minimum absolute atomic E-state index is 0.0715. The van der Waals surface area contributed by atoms with Gasteiger partial charge in [0, 0.05) is 11.6 Å². The van der Waals surface area contributed by atoms with Crippen molar-refractivity contribution in [2.45, 2.75) is 6.42 Å². The van der Waals surface area contributed by atoms with Gasteiger partial charge in [0.15, 0.2) is 5.76 Å². The lowest BCUT2D eigenvalue weighted by molar-refractivity contribution is -0.136. The molecule has 0 bridgehead atoms. The van der Waals surface area contributed by atoms with Gasteiger partial charge in [-0.15, -0.1) is 0 Å². The van der Waals surface area contributed by atoms with Crippen LogP contribution in [0.3, 0.4) is 0 Å². The second-order valence-corrected chi connectivity index (χ2v) is 4.92. The quantitative estimate of drug-likeness (QED) is 0.793. The largest absolute Gasteiger partial charge is 0.481 e. The fraction of sp³-hybridized carbons (Fsp3) is 0.0588. The number of halogens is 2. The summed E-state index contributed by atoms with van der Waals surface area (Å²) in [6, 6.07) is 9.87. The molecule has 0 spiro atoms. The number of aliphatic carboxylic acids is 1. The van der Waals surface area contributed by atoms with E-state index in [4.69, 9.17) is 9.52 Å². The molecule has 1 heterocycles. The van der Waals surface area contributed by atoms with E-state index < -0.39 is 17.6 Å². The first-order valence-corrected chi connectivity index (χ1v) is 6.75. The third-order valence-electron chi connectivity index (χ3n) is 3.26. The van der Waals surface area contributed by atoms with Crippen molar-refractivity contribution in [1.82, 2.24) is 4.98 Å². The number of carboxylic acid groups (broad SMARTS) is 1. The van der Waals surface area contributed by atoms with Gasteiger partial charge in [0.25, 0.3) is 0 Å². The van der Waals surface area contributed by atoms with Crippen molar-refractivity contribution < 1.29 is 23.1 Å². The summed E-state index contributed by atoms with van der Waals surface area (Å²) in [5, 5.41) is 8.74. The highest BCUT2D eigenvalue weighted by Gasteiger charge is 2.13. The molecule has 23 heavy (non-hydrogen) atoms. The molecular formula is C17H11F2NO3. The molecule has 0 unspecified atom stereocenters. The average Bonchev–Trinajstić information content (AvgIpc) is 2.97. The van der Waals surface area contributed by atoms with Crippen molar-refractivity contribution in [2.24, 2.45) is 0 Å². The summed E-state index contributed by atoms with van der Waals surface area (Å²) in [7, 11) is 0. The molecule has 0 radical (unpaired) electrons. The SMILES string of the molecule is O=C(O)Cc1ccc(-c2ncc(-c3ccc(F)cc3F)o2)cc1. The van der Waals surface area contributed by atoms with Gasteiger partial charge < -0.3 is 9.52 Å². The van der Waals surface area contributed by atoms with Gasteiger partial charge in [0.1, 0.15) is 11.6 Å². The number of nitrogens with zero attached hydrogens (tertiary/aromatic N) is 1. The highest BCUT2D eigenvalue weighted by atomic mass is 19.1. The lowest BCUT2D eigenvalue weighted by atomic mass is 10.1. The highest BCUT2D eigenvalue weighted by molar-refractivity contribution is 5.70. The molecule has 0 fully saturated rings. The van der Waals surface area contributed by atoms with Crippen LogP contribution in [-0.2, 0) is 11.2 Å². The molecule has 0 saturated heterocycles. The molecular weight excluding hydrogens is 304 g/mol. The van der Waals surface area contributed by atoms with E-state index in [1.807, 2.05) is 0 Å². The predicted molar refractivity (Wildman–Crippen MR) is 78.6 cm³/mol. The molecule has 0 atom stereocenters. The van der Waals surface area contributed by atoms with Crippen LogP contribution in [0.4, 0.5) is 8.78 Å². The smallest absolute Gasteiger partial charge is 0.307 e. The molecule has 2 aromatic carbocycles. The number of oxazole rings is 1. The first-order valence-electron chi connectivity index (χ1n) is 6.75. The summed E-state index contributed by atoms with van der Waals surface area (Å²) in [4.78, 5) is 14.7. The van der Waals surface area contributed by atoms with Crippen molar-refractivity contribution in [3.8, 4) is 22.8 Å². The van der Waals surface area contributed by atoms with Crippen molar-refractivity contribution in [3.05, 3.63) is 65.9 Å². The van der Waals surface area contributed by atoms with Gasteiger partial charge in [-0.2, -0.15) is 0 Å². The Morgan fingerprint density at radius 2 is 1.87 bits per heavy atom. The molecule has 3 rings (SSSR count). The van der Waals surface area contributed by atoms with E-state index in [-0.39, 0.29) is 23.6 Å². The predicted octanol–water partition coefficient (Wildman–Crippen LogP) is 3.91. The molecule has 1 aromatic heterocycles. The van der Waals surface area contributed by atoms with E-state index in [0.717, 1.165) is 12.1 Å². The Morgan fingerprint density at radius 1 is 1.13 bits per heavy atom. The number of benzene rings is 2. The van der Waals surface area contributed by atoms with Crippen molar-refractivity contribution in [3.63, 3.8) is 0 Å². The topological polar surface area (TPSA) is 63.3 Å². The van der Waals surface area contributed by atoms with Crippen LogP contribution in [0.1, 0.15) is 5.56 Å². The number of hydrogen-bond acceptors (Lipinski definition) is 3. The number of carboxylic acids is 1. The van der Waals surface area contributed by atoms with Gasteiger partial charge >= 0.3 is 5.97 Å². The number of hydrogen-bond donors (Lipinski definition) is 1. The Hall–Kier alpha value is -3.02. The molecule has 0 aliphatic carbocycles. The molecule has 116 valence electrons. The lowest BCUT2D eigenvalue weighted by Crippen LogP contribution is -1.99. The fourth-order valence-corrected chi connectivity index (χ4v) is 2.16. The van der Waals surface area contributed by atoms with Gasteiger partial charge in [-0.25, -0.2) is 13.8 Å². The van der Waals surface area contributed by atoms with Crippen LogP contribution >= 0.6 is 0 Å². The van der Waals surface area contributed by atoms with Crippen molar-refractivity contribution in [2.75, 3.05) is 0 Å². The molecule has 1 N–H and O–H groups in total. The van der Waals surface area contributed by atoms with E-state index in [9.17, 15) is 13.6 Å². The number of carbonyl (C=O) groups is 1. The normalized spacial score (nSPS) is 10.7. The summed E-state index contributed by atoms with van der Waals surface area (Å²) < 4.78 is 32.2. The van der Waals surface area contributed by atoms with E-state index in [2.05, 4.69) is 4.98 Å². The maximum absolute atomic E-state index is 13.7. The maximum atomic E-state index is 13.7. The second-order valence-electron chi connectivity index (χ2n) is 4.92. The number of rotatable bonds is 4. The molecule has 0 aliphatic heterocycles. The minimum atomic E-state index is -0.914. The summed E-state index contributed by atoms with van der Waals surface area (Å²) in [5.41, 5.74) is 1.40. The van der Waals surface area contributed by atoms with Crippen LogP contribution in [0.15, 0.2) is 53.1 Å². The Bertz CT molecular complexity index is 857. The van der Waals surface area contributed by atoms with Gasteiger partial charge in [-0.05, 0) is 29.8 Å². The van der Waals surface area contributed by atoms with Crippen molar-refractivity contribution >= 4 is 5.97 Å². The van der Waals surface area contributed by atoms with E-state index in [0.29, 0.717) is 11.1 Å². The zero-order chi connectivity index (χ0) is 16.4. The number of aromatic nitrogens is 1. The molecule has 0 aliphatic rings. The van der Waals surface area contributed by atoms with Crippen LogP contribution < -0.4 is 0 Å². The molecule has 0 saturated carbocycles. The monoisotopic (exact) mass is 315 g/mol. The molecule has 6 heteroatoms. The summed E-state index contributed by atoms with van der Waals surface area (Å²) in [6.45, 7) is 0. The zero-order valence-corrected chi connectivity index (χ0v) is 11.8. The van der Waals surface area contributed by atoms with Crippen LogP contribution in [0, 0.1) is 11.6 Å². The van der Waals surface area contributed by atoms with Crippen molar-refractivity contribution in [1.29, 1.82) is 0 Å². The van der Waals surface area contributed by atoms with Crippen LogP contribution in [0.25, 0.3) is 22.8 Å². The zero-order valence-electron chi connectivity index (χ0n) is 11.8. The van der Waals surface area contributed by atoms with Crippen LogP contribution in [0.5, 0.6) is 0 Å². The first kappa shape index (κ1) is 14.9. The van der Waals surface area contributed by atoms with E-state index in [1.54, 1.807) is 24.3 Å². The third-order valence-corrected chi connectivity index (χ3v) is 3.26. The molecule has 0 amide bonds. The van der Waals surface area contributed by atoms with Gasteiger partial charge in [-0.3, -0.25) is 4.79 Å². The maximum Gasteiger partial charge on any atom is 0.307 e. The summed E-state index contributed by atoms with van der Waals surface area (Å²) in [5.74, 6) is -1.86. The average molecular weight is 315 g/mol. The Labute approximate surface area is 130 Å². The van der Waals surface area contributed by atoms with E-state index in [1.165, 1.54) is 12.3 Å². The van der Waals surface area contributed by atoms with Gasteiger partial charge in [0.2, 0.25) is 5.89 Å².